The number of benzene rings is 1. The summed E-state index contributed by atoms with van der Waals surface area (Å²) < 4.78 is 6.53. The van der Waals surface area contributed by atoms with Crippen LogP contribution in [0.1, 0.15) is 21.6 Å². The standard InChI is InChI=1S/C19H20ClN5O4/c1-25-17(18(28)29-10-12(27)9-26)13(7-11-5-3-2-4-6-11)16(24-25)14-8-15(20)23-19(21)22-14/h2-6,8,12,26-27H,7,9-10H2,1H3,(H2,21,22,23). The second-order valence-electron chi connectivity index (χ2n) is 6.33. The fraction of sp³-hybridized carbons (Fsp3) is 0.263. The van der Waals surface area contributed by atoms with Gasteiger partial charge in [0.05, 0.1) is 12.3 Å². The number of nitrogens with zero attached hydrogens (tertiary/aromatic N) is 4. The van der Waals surface area contributed by atoms with Crippen LogP contribution in [0.3, 0.4) is 0 Å². The van der Waals surface area contributed by atoms with Crippen molar-refractivity contribution in [1.82, 2.24) is 19.7 Å². The first-order chi connectivity index (χ1) is 13.9. The third-order valence-corrected chi connectivity index (χ3v) is 4.33. The maximum absolute atomic E-state index is 12.7. The first-order valence-electron chi connectivity index (χ1n) is 8.75. The van der Waals surface area contributed by atoms with Crippen molar-refractivity contribution in [2.24, 2.45) is 7.05 Å². The zero-order valence-electron chi connectivity index (χ0n) is 15.6. The molecule has 2 aromatic heterocycles. The number of nitrogen functional groups attached to an aromatic ring is 1. The summed E-state index contributed by atoms with van der Waals surface area (Å²) in [5.74, 6) is -0.697. The lowest BCUT2D eigenvalue weighted by molar-refractivity contribution is 0.00844. The number of rotatable bonds is 7. The van der Waals surface area contributed by atoms with Gasteiger partial charge in [-0.1, -0.05) is 41.9 Å². The second-order valence-corrected chi connectivity index (χ2v) is 6.72. The Balaban J connectivity index is 2.07. The van der Waals surface area contributed by atoms with E-state index in [1.807, 2.05) is 30.3 Å². The van der Waals surface area contributed by atoms with Gasteiger partial charge in [-0.3, -0.25) is 4.68 Å². The average molecular weight is 418 g/mol. The first kappa shape index (κ1) is 20.7. The predicted octanol–water partition coefficient (Wildman–Crippen LogP) is 1.21. The van der Waals surface area contributed by atoms with E-state index in [0.29, 0.717) is 23.4 Å². The van der Waals surface area contributed by atoms with Gasteiger partial charge in [0.15, 0.2) is 0 Å². The lowest BCUT2D eigenvalue weighted by Crippen LogP contribution is -2.23. The Kier molecular flexibility index (Phi) is 6.42. The lowest BCUT2D eigenvalue weighted by Gasteiger charge is -2.10. The number of aliphatic hydroxyl groups excluding tert-OH is 2. The Labute approximate surface area is 171 Å². The number of hydrogen-bond donors (Lipinski definition) is 3. The fourth-order valence-corrected chi connectivity index (χ4v) is 3.04. The zero-order valence-corrected chi connectivity index (χ0v) is 16.4. The quantitative estimate of drug-likeness (QED) is 0.385. The molecule has 0 aliphatic heterocycles. The SMILES string of the molecule is Cn1nc(-c2cc(Cl)nc(N)n2)c(Cc2ccccc2)c1C(=O)OCC(O)CO. The molecule has 0 saturated carbocycles. The van der Waals surface area contributed by atoms with Crippen LogP contribution in [0, 0.1) is 0 Å². The van der Waals surface area contributed by atoms with Crippen LogP contribution in [0.2, 0.25) is 5.15 Å². The molecule has 3 rings (SSSR count). The van der Waals surface area contributed by atoms with E-state index in [9.17, 15) is 9.90 Å². The summed E-state index contributed by atoms with van der Waals surface area (Å²) in [5, 5.41) is 23.0. The number of nitrogens with two attached hydrogens (primary N) is 1. The van der Waals surface area contributed by atoms with E-state index in [4.69, 9.17) is 27.2 Å². The number of anilines is 1. The number of aryl methyl sites for hydroxylation is 1. The molecule has 4 N–H and O–H groups in total. The molecule has 2 heterocycles. The average Bonchev–Trinajstić information content (AvgIpc) is 3.02. The number of ether oxygens (including phenoxy) is 1. The molecule has 0 fully saturated rings. The van der Waals surface area contributed by atoms with Crippen LogP contribution < -0.4 is 5.73 Å². The number of hydrogen-bond acceptors (Lipinski definition) is 8. The minimum Gasteiger partial charge on any atom is -0.458 e. The van der Waals surface area contributed by atoms with E-state index in [0.717, 1.165) is 5.56 Å². The third kappa shape index (κ3) is 4.89. The Bertz CT molecular complexity index is 989. The van der Waals surface area contributed by atoms with E-state index in [1.54, 1.807) is 7.05 Å². The Morgan fingerprint density at radius 3 is 2.69 bits per heavy atom. The van der Waals surface area contributed by atoms with Crippen molar-refractivity contribution in [3.05, 3.63) is 58.4 Å². The number of aromatic nitrogens is 4. The largest absolute Gasteiger partial charge is 0.458 e. The highest BCUT2D eigenvalue weighted by molar-refractivity contribution is 6.29. The summed E-state index contributed by atoms with van der Waals surface area (Å²) >= 11 is 6.01. The summed E-state index contributed by atoms with van der Waals surface area (Å²) in [6.45, 7) is -0.855. The van der Waals surface area contributed by atoms with Crippen LogP contribution in [-0.4, -0.2) is 55.2 Å². The van der Waals surface area contributed by atoms with E-state index in [2.05, 4.69) is 15.1 Å². The minimum atomic E-state index is -1.16. The summed E-state index contributed by atoms with van der Waals surface area (Å²) in [4.78, 5) is 20.8. The van der Waals surface area contributed by atoms with Crippen LogP contribution >= 0.6 is 11.6 Å². The van der Waals surface area contributed by atoms with Gasteiger partial charge in [0.2, 0.25) is 5.95 Å². The molecule has 9 nitrogen and oxygen atoms in total. The smallest absolute Gasteiger partial charge is 0.357 e. The predicted molar refractivity (Wildman–Crippen MR) is 106 cm³/mol. The van der Waals surface area contributed by atoms with Crippen molar-refractivity contribution >= 4 is 23.5 Å². The van der Waals surface area contributed by atoms with Crippen molar-refractivity contribution in [3.63, 3.8) is 0 Å². The van der Waals surface area contributed by atoms with E-state index < -0.39 is 18.7 Å². The molecule has 1 unspecified atom stereocenters. The van der Waals surface area contributed by atoms with Gasteiger partial charge in [-0.05, 0) is 5.56 Å². The van der Waals surface area contributed by atoms with Gasteiger partial charge in [0.25, 0.3) is 0 Å². The van der Waals surface area contributed by atoms with Crippen LogP contribution in [0.25, 0.3) is 11.4 Å². The zero-order chi connectivity index (χ0) is 21.0. The van der Waals surface area contributed by atoms with E-state index in [1.165, 1.54) is 10.7 Å². The van der Waals surface area contributed by atoms with Gasteiger partial charge in [-0.15, -0.1) is 0 Å². The van der Waals surface area contributed by atoms with Crippen molar-refractivity contribution in [3.8, 4) is 11.4 Å². The molecule has 1 aromatic carbocycles. The maximum Gasteiger partial charge on any atom is 0.357 e. The van der Waals surface area contributed by atoms with Gasteiger partial charge in [0, 0.05) is 25.1 Å². The fourth-order valence-electron chi connectivity index (χ4n) is 2.85. The highest BCUT2D eigenvalue weighted by atomic mass is 35.5. The molecule has 0 aliphatic rings. The van der Waals surface area contributed by atoms with Gasteiger partial charge < -0.3 is 20.7 Å². The molecular formula is C19H20ClN5O4. The topological polar surface area (TPSA) is 136 Å². The van der Waals surface area contributed by atoms with Gasteiger partial charge in [-0.2, -0.15) is 5.10 Å². The molecular weight excluding hydrogens is 398 g/mol. The second kappa shape index (κ2) is 8.99. The van der Waals surface area contributed by atoms with Crippen LogP contribution in [-0.2, 0) is 18.2 Å². The Morgan fingerprint density at radius 2 is 2.03 bits per heavy atom. The van der Waals surface area contributed by atoms with Gasteiger partial charge in [-0.25, -0.2) is 14.8 Å². The summed E-state index contributed by atoms with van der Waals surface area (Å²) in [6, 6.07) is 11.0. The molecule has 0 bridgehead atoms. The van der Waals surface area contributed by atoms with E-state index in [-0.39, 0.29) is 23.4 Å². The summed E-state index contributed by atoms with van der Waals surface area (Å²) in [5.41, 5.74) is 8.21. The monoisotopic (exact) mass is 417 g/mol. The molecule has 1 atom stereocenters. The number of halogens is 1. The highest BCUT2D eigenvalue weighted by Crippen LogP contribution is 2.28. The number of aliphatic hydroxyl groups is 2. The highest BCUT2D eigenvalue weighted by Gasteiger charge is 2.26. The molecule has 0 radical (unpaired) electrons. The Hall–Kier alpha value is -3.01. The molecule has 10 heteroatoms. The lowest BCUT2D eigenvalue weighted by atomic mass is 10.0. The number of carbonyl (C=O) groups excluding carboxylic acids is 1. The summed E-state index contributed by atoms with van der Waals surface area (Å²) in [6.07, 6.45) is -0.789. The van der Waals surface area contributed by atoms with Crippen molar-refractivity contribution in [2.45, 2.75) is 12.5 Å². The van der Waals surface area contributed by atoms with Gasteiger partial charge >= 0.3 is 5.97 Å². The molecule has 29 heavy (non-hydrogen) atoms. The Morgan fingerprint density at radius 1 is 1.31 bits per heavy atom. The van der Waals surface area contributed by atoms with Gasteiger partial charge in [0.1, 0.15) is 29.3 Å². The normalized spacial score (nSPS) is 12.0. The third-order valence-electron chi connectivity index (χ3n) is 4.13. The molecule has 152 valence electrons. The summed E-state index contributed by atoms with van der Waals surface area (Å²) in [7, 11) is 1.60. The number of esters is 1. The van der Waals surface area contributed by atoms with Crippen molar-refractivity contribution in [2.75, 3.05) is 18.9 Å². The maximum atomic E-state index is 12.7. The van der Waals surface area contributed by atoms with Crippen molar-refractivity contribution in [1.29, 1.82) is 0 Å². The van der Waals surface area contributed by atoms with Crippen molar-refractivity contribution < 1.29 is 19.7 Å². The first-order valence-corrected chi connectivity index (χ1v) is 9.13. The molecule has 3 aromatic rings. The van der Waals surface area contributed by atoms with Crippen LogP contribution in [0.5, 0.6) is 0 Å². The molecule has 0 amide bonds. The molecule has 0 spiro atoms. The van der Waals surface area contributed by atoms with E-state index >= 15 is 0 Å². The van der Waals surface area contributed by atoms with Crippen LogP contribution in [0.4, 0.5) is 5.95 Å². The number of carbonyl (C=O) groups is 1. The minimum absolute atomic E-state index is 0.0148. The van der Waals surface area contributed by atoms with Crippen LogP contribution in [0.15, 0.2) is 36.4 Å². The molecule has 0 saturated heterocycles. The molecule has 0 aliphatic carbocycles.